The van der Waals surface area contributed by atoms with Gasteiger partial charge in [-0.15, -0.1) is 0 Å². The fourth-order valence-electron chi connectivity index (χ4n) is 2.47. The van der Waals surface area contributed by atoms with Crippen LogP contribution in [0.2, 0.25) is 0 Å². The van der Waals surface area contributed by atoms with Crippen molar-refractivity contribution >= 4 is 5.97 Å². The van der Waals surface area contributed by atoms with E-state index in [0.717, 1.165) is 31.6 Å². The minimum absolute atomic E-state index is 0.415. The van der Waals surface area contributed by atoms with Gasteiger partial charge in [0.25, 0.3) is 0 Å². The summed E-state index contributed by atoms with van der Waals surface area (Å²) in [6.07, 6.45) is 0.793. The van der Waals surface area contributed by atoms with Crippen LogP contribution in [0.4, 0.5) is 0 Å². The molecular weight excluding hydrogens is 228 g/mol. The summed E-state index contributed by atoms with van der Waals surface area (Å²) >= 11 is 0. The summed E-state index contributed by atoms with van der Waals surface area (Å²) in [6, 6.07) is 7.69. The number of carbonyl (C=O) groups is 1. The topological polar surface area (TPSA) is 61.4 Å². The molecule has 0 spiro atoms. The smallest absolute Gasteiger partial charge is 0.335 e. The molecule has 2 atom stereocenters. The molecular formula is C14H20N2O2. The number of hydrogen-bond donors (Lipinski definition) is 3. The lowest BCUT2D eigenvalue weighted by Gasteiger charge is -2.30. The first-order valence-electron chi connectivity index (χ1n) is 6.44. The largest absolute Gasteiger partial charge is 0.478 e. The summed E-state index contributed by atoms with van der Waals surface area (Å²) in [5.41, 5.74) is 1.35. The van der Waals surface area contributed by atoms with Crippen molar-refractivity contribution in [3.05, 3.63) is 35.4 Å². The molecule has 1 saturated heterocycles. The molecule has 0 bridgehead atoms. The van der Waals surface area contributed by atoms with Crippen molar-refractivity contribution in [2.75, 3.05) is 19.6 Å². The van der Waals surface area contributed by atoms with Gasteiger partial charge in [0.05, 0.1) is 5.56 Å². The highest BCUT2D eigenvalue weighted by Gasteiger charge is 2.21. The van der Waals surface area contributed by atoms with E-state index < -0.39 is 5.97 Å². The monoisotopic (exact) mass is 248 g/mol. The molecule has 0 saturated carbocycles. The van der Waals surface area contributed by atoms with Crippen molar-refractivity contribution in [3.63, 3.8) is 0 Å². The van der Waals surface area contributed by atoms with Gasteiger partial charge in [0.1, 0.15) is 0 Å². The number of benzene rings is 1. The lowest BCUT2D eigenvalue weighted by molar-refractivity contribution is 0.0695. The summed E-state index contributed by atoms with van der Waals surface area (Å²) in [5, 5.41) is 16.0. The Balaban J connectivity index is 2.06. The maximum absolute atomic E-state index is 11.2. The standard InChI is InChI=1S/C14H20N2O2/c1-10(13-9-15-6-7-16-13)8-11-4-2-3-5-12(11)14(17)18/h2-5,10,13,15-16H,6-9H2,1H3,(H,17,18). The van der Waals surface area contributed by atoms with Crippen molar-refractivity contribution in [2.45, 2.75) is 19.4 Å². The Morgan fingerprint density at radius 2 is 2.22 bits per heavy atom. The minimum Gasteiger partial charge on any atom is -0.478 e. The molecule has 1 aromatic carbocycles. The zero-order valence-electron chi connectivity index (χ0n) is 10.6. The van der Waals surface area contributed by atoms with E-state index in [1.807, 2.05) is 12.1 Å². The van der Waals surface area contributed by atoms with Crippen LogP contribution in [0.5, 0.6) is 0 Å². The quantitative estimate of drug-likeness (QED) is 0.747. The van der Waals surface area contributed by atoms with Crippen LogP contribution in [0, 0.1) is 5.92 Å². The van der Waals surface area contributed by atoms with Gasteiger partial charge in [-0.2, -0.15) is 0 Å². The van der Waals surface area contributed by atoms with Crippen molar-refractivity contribution < 1.29 is 9.90 Å². The van der Waals surface area contributed by atoms with E-state index in [2.05, 4.69) is 17.6 Å². The summed E-state index contributed by atoms with van der Waals surface area (Å²) in [5.74, 6) is -0.425. The number of carboxylic acid groups (broad SMARTS) is 1. The first-order valence-corrected chi connectivity index (χ1v) is 6.44. The lowest BCUT2D eigenvalue weighted by atomic mass is 9.90. The second kappa shape index (κ2) is 5.98. The van der Waals surface area contributed by atoms with Crippen LogP contribution in [-0.4, -0.2) is 36.8 Å². The van der Waals surface area contributed by atoms with Crippen LogP contribution in [0.25, 0.3) is 0 Å². The summed E-state index contributed by atoms with van der Waals surface area (Å²) in [6.45, 7) is 5.12. The molecule has 18 heavy (non-hydrogen) atoms. The van der Waals surface area contributed by atoms with Crippen molar-refractivity contribution in [3.8, 4) is 0 Å². The summed E-state index contributed by atoms with van der Waals surface area (Å²) < 4.78 is 0. The SMILES string of the molecule is CC(Cc1ccccc1C(=O)O)C1CNCCN1. The number of aromatic carboxylic acids is 1. The van der Waals surface area contributed by atoms with Crippen LogP contribution in [0.3, 0.4) is 0 Å². The molecule has 4 nitrogen and oxygen atoms in total. The van der Waals surface area contributed by atoms with Gasteiger partial charge in [0, 0.05) is 25.7 Å². The molecule has 98 valence electrons. The van der Waals surface area contributed by atoms with E-state index in [9.17, 15) is 4.79 Å². The Bertz CT molecular complexity index is 414. The second-order valence-corrected chi connectivity index (χ2v) is 4.91. The van der Waals surface area contributed by atoms with E-state index in [0.29, 0.717) is 17.5 Å². The number of carboxylic acids is 1. The minimum atomic E-state index is -0.840. The van der Waals surface area contributed by atoms with Gasteiger partial charge >= 0.3 is 5.97 Å². The molecule has 4 heteroatoms. The number of hydrogen-bond acceptors (Lipinski definition) is 3. The van der Waals surface area contributed by atoms with E-state index in [-0.39, 0.29) is 0 Å². The zero-order valence-corrected chi connectivity index (χ0v) is 10.6. The van der Waals surface area contributed by atoms with E-state index in [1.54, 1.807) is 12.1 Å². The highest BCUT2D eigenvalue weighted by atomic mass is 16.4. The summed E-state index contributed by atoms with van der Waals surface area (Å²) in [4.78, 5) is 11.2. The average Bonchev–Trinajstić information content (AvgIpc) is 2.40. The molecule has 0 amide bonds. The Hall–Kier alpha value is -1.39. The molecule has 0 aliphatic carbocycles. The first kappa shape index (κ1) is 13.1. The predicted octanol–water partition coefficient (Wildman–Crippen LogP) is 1.12. The third-order valence-corrected chi connectivity index (χ3v) is 3.55. The number of rotatable bonds is 4. The van der Waals surface area contributed by atoms with Gasteiger partial charge in [0.15, 0.2) is 0 Å². The normalized spacial score (nSPS) is 21.5. The molecule has 2 unspecified atom stereocenters. The molecule has 1 aliphatic heterocycles. The van der Waals surface area contributed by atoms with Gasteiger partial charge in [0.2, 0.25) is 0 Å². The van der Waals surface area contributed by atoms with E-state index in [4.69, 9.17) is 5.11 Å². The van der Waals surface area contributed by atoms with Crippen molar-refractivity contribution in [2.24, 2.45) is 5.92 Å². The maximum Gasteiger partial charge on any atom is 0.335 e. The number of piperazine rings is 1. The Morgan fingerprint density at radius 3 is 2.89 bits per heavy atom. The van der Waals surface area contributed by atoms with Crippen molar-refractivity contribution in [1.82, 2.24) is 10.6 Å². The van der Waals surface area contributed by atoms with Gasteiger partial charge in [-0.1, -0.05) is 25.1 Å². The average molecular weight is 248 g/mol. The Morgan fingerprint density at radius 1 is 1.44 bits per heavy atom. The fraction of sp³-hybridized carbons (Fsp3) is 0.500. The third kappa shape index (κ3) is 3.09. The summed E-state index contributed by atoms with van der Waals surface area (Å²) in [7, 11) is 0. The fourth-order valence-corrected chi connectivity index (χ4v) is 2.47. The molecule has 1 fully saturated rings. The van der Waals surface area contributed by atoms with Crippen LogP contribution >= 0.6 is 0 Å². The highest BCUT2D eigenvalue weighted by molar-refractivity contribution is 5.89. The van der Waals surface area contributed by atoms with Gasteiger partial charge in [-0.05, 0) is 24.0 Å². The molecule has 1 aromatic rings. The molecule has 3 N–H and O–H groups in total. The van der Waals surface area contributed by atoms with Crippen LogP contribution in [0.15, 0.2) is 24.3 Å². The van der Waals surface area contributed by atoms with Crippen molar-refractivity contribution in [1.29, 1.82) is 0 Å². The maximum atomic E-state index is 11.2. The Labute approximate surface area is 107 Å². The third-order valence-electron chi connectivity index (χ3n) is 3.55. The lowest BCUT2D eigenvalue weighted by Crippen LogP contribution is -2.51. The van der Waals surface area contributed by atoms with E-state index in [1.165, 1.54) is 0 Å². The highest BCUT2D eigenvalue weighted by Crippen LogP contribution is 2.17. The predicted molar refractivity (Wildman–Crippen MR) is 70.9 cm³/mol. The zero-order chi connectivity index (χ0) is 13.0. The molecule has 0 radical (unpaired) electrons. The number of nitrogens with one attached hydrogen (secondary N) is 2. The second-order valence-electron chi connectivity index (χ2n) is 4.91. The molecule has 1 heterocycles. The molecule has 0 aromatic heterocycles. The van der Waals surface area contributed by atoms with Gasteiger partial charge in [-0.3, -0.25) is 0 Å². The molecule has 2 rings (SSSR count). The van der Waals surface area contributed by atoms with Gasteiger partial charge < -0.3 is 15.7 Å². The Kier molecular flexibility index (Phi) is 4.33. The van der Waals surface area contributed by atoms with E-state index >= 15 is 0 Å². The first-order chi connectivity index (χ1) is 8.68. The molecule has 1 aliphatic rings. The van der Waals surface area contributed by atoms with Gasteiger partial charge in [-0.25, -0.2) is 4.79 Å². The van der Waals surface area contributed by atoms with Crippen LogP contribution < -0.4 is 10.6 Å². The van der Waals surface area contributed by atoms with Crippen LogP contribution in [-0.2, 0) is 6.42 Å². The van der Waals surface area contributed by atoms with Crippen LogP contribution in [0.1, 0.15) is 22.8 Å².